The summed E-state index contributed by atoms with van der Waals surface area (Å²) in [5.74, 6) is -0.376. The number of nitrogens with one attached hydrogen (secondary N) is 2. The quantitative estimate of drug-likeness (QED) is 0.651. The lowest BCUT2D eigenvalue weighted by atomic mass is 10.0. The molecule has 2 aliphatic rings. The number of carbonyl (C=O) groups excluding carboxylic acids is 2. The lowest BCUT2D eigenvalue weighted by molar-refractivity contribution is 0.0934. The van der Waals surface area contributed by atoms with Crippen molar-refractivity contribution in [3.8, 4) is 5.75 Å². The maximum atomic E-state index is 12.8. The summed E-state index contributed by atoms with van der Waals surface area (Å²) in [5, 5.41) is 17.5. The summed E-state index contributed by atoms with van der Waals surface area (Å²) >= 11 is 13.5. The second-order valence-electron chi connectivity index (χ2n) is 6.45. The molecule has 3 heterocycles. The Morgan fingerprint density at radius 2 is 2.18 bits per heavy atom. The first kappa shape index (κ1) is 19.2. The van der Waals surface area contributed by atoms with Crippen molar-refractivity contribution in [1.29, 1.82) is 0 Å². The van der Waals surface area contributed by atoms with Crippen molar-refractivity contribution in [2.75, 3.05) is 18.5 Å². The van der Waals surface area contributed by atoms with Crippen LogP contribution in [0.3, 0.4) is 0 Å². The van der Waals surface area contributed by atoms with Gasteiger partial charge in [-0.05, 0) is 31.0 Å². The molecular formula is C18H17Cl2N3O4S. The van der Waals surface area contributed by atoms with Crippen LogP contribution in [0.2, 0.25) is 10.0 Å². The molecule has 0 unspecified atom stereocenters. The van der Waals surface area contributed by atoms with Crippen LogP contribution >= 0.6 is 34.5 Å². The summed E-state index contributed by atoms with van der Waals surface area (Å²) in [6, 6.07) is 2.99. The molecule has 1 aromatic carbocycles. The summed E-state index contributed by atoms with van der Waals surface area (Å²) in [7, 11) is 0. The normalized spacial score (nSPS) is 18.0. The predicted octanol–water partition coefficient (Wildman–Crippen LogP) is 4.13. The molecule has 3 N–H and O–H groups in total. The van der Waals surface area contributed by atoms with Gasteiger partial charge in [-0.2, -0.15) is 0 Å². The van der Waals surface area contributed by atoms with E-state index in [4.69, 9.17) is 27.9 Å². The molecule has 7 nitrogen and oxygen atoms in total. The number of nitrogens with zero attached hydrogens (tertiary/aromatic N) is 1. The van der Waals surface area contributed by atoms with Gasteiger partial charge in [0.15, 0.2) is 0 Å². The van der Waals surface area contributed by atoms with Crippen LogP contribution in [-0.2, 0) is 17.7 Å². The van der Waals surface area contributed by atoms with Gasteiger partial charge in [0, 0.05) is 22.0 Å². The van der Waals surface area contributed by atoms with Gasteiger partial charge in [-0.25, -0.2) is 4.79 Å². The zero-order valence-electron chi connectivity index (χ0n) is 14.8. The molecular weight excluding hydrogens is 425 g/mol. The number of halogens is 2. The standard InChI is InChI=1S/C18H17Cl2N3O4S/c1-2-27-18(26)23-4-3-9-12(7-23)28-17-13(9)16(25)21-15(22-17)10-5-8(19)6-11(20)14(10)24/h5-6,15,22,24H,2-4,7H2,1H3,(H,21,25)/t15-/m1/s1. The number of phenolic OH excluding ortho intramolecular Hbond substituents is 1. The highest BCUT2D eigenvalue weighted by atomic mass is 35.5. The van der Waals surface area contributed by atoms with E-state index in [0.29, 0.717) is 47.3 Å². The highest BCUT2D eigenvalue weighted by Gasteiger charge is 2.35. The van der Waals surface area contributed by atoms with Gasteiger partial charge in [-0.3, -0.25) is 4.79 Å². The lowest BCUT2D eigenvalue weighted by Crippen LogP contribution is -2.39. The van der Waals surface area contributed by atoms with Gasteiger partial charge in [-0.15, -0.1) is 11.3 Å². The third-order valence-corrected chi connectivity index (χ3v) is 6.38. The molecule has 4 rings (SSSR count). The van der Waals surface area contributed by atoms with E-state index < -0.39 is 6.17 Å². The van der Waals surface area contributed by atoms with Crippen molar-refractivity contribution < 1.29 is 19.4 Å². The van der Waals surface area contributed by atoms with Crippen LogP contribution in [0.5, 0.6) is 5.75 Å². The summed E-state index contributed by atoms with van der Waals surface area (Å²) < 4.78 is 5.07. The monoisotopic (exact) mass is 441 g/mol. The lowest BCUT2D eigenvalue weighted by Gasteiger charge is -2.28. The van der Waals surface area contributed by atoms with Crippen LogP contribution in [0, 0.1) is 0 Å². The molecule has 0 saturated heterocycles. The van der Waals surface area contributed by atoms with E-state index >= 15 is 0 Å². The van der Waals surface area contributed by atoms with Crippen LogP contribution < -0.4 is 10.6 Å². The number of amides is 2. The third kappa shape index (κ3) is 3.25. The molecule has 2 amide bonds. The van der Waals surface area contributed by atoms with Gasteiger partial charge in [0.2, 0.25) is 0 Å². The van der Waals surface area contributed by atoms with E-state index in [1.165, 1.54) is 17.4 Å². The molecule has 28 heavy (non-hydrogen) atoms. The van der Waals surface area contributed by atoms with Gasteiger partial charge in [0.1, 0.15) is 16.9 Å². The van der Waals surface area contributed by atoms with Gasteiger partial charge >= 0.3 is 6.09 Å². The van der Waals surface area contributed by atoms with Gasteiger partial charge < -0.3 is 25.4 Å². The second-order valence-corrected chi connectivity index (χ2v) is 8.40. The summed E-state index contributed by atoms with van der Waals surface area (Å²) in [6.07, 6.45) is -0.445. The SMILES string of the molecule is CCOC(=O)N1CCc2c(sc3c2C(=O)N[C@@H](c2cc(Cl)cc(Cl)c2O)N3)C1. The van der Waals surface area contributed by atoms with E-state index in [1.807, 2.05) is 0 Å². The number of carbonyl (C=O) groups is 2. The van der Waals surface area contributed by atoms with Gasteiger partial charge in [-0.1, -0.05) is 23.2 Å². The van der Waals surface area contributed by atoms with Crippen LogP contribution in [0.15, 0.2) is 12.1 Å². The predicted molar refractivity (Wildman–Crippen MR) is 107 cm³/mol. The number of ether oxygens (including phenoxy) is 1. The molecule has 2 aromatic rings. The Bertz CT molecular complexity index is 978. The first-order valence-corrected chi connectivity index (χ1v) is 10.3. The van der Waals surface area contributed by atoms with Gasteiger partial charge in [0.25, 0.3) is 5.91 Å². The number of hydrogen-bond donors (Lipinski definition) is 3. The average Bonchev–Trinajstić information content (AvgIpc) is 3.02. The highest BCUT2D eigenvalue weighted by molar-refractivity contribution is 7.16. The number of anilines is 1. The van der Waals surface area contributed by atoms with Crippen molar-refractivity contribution >= 4 is 51.5 Å². The fourth-order valence-corrected chi connectivity index (χ4v) is 5.25. The first-order chi connectivity index (χ1) is 13.4. The number of phenols is 1. The molecule has 0 aliphatic carbocycles. The zero-order valence-corrected chi connectivity index (χ0v) is 17.2. The van der Waals surface area contributed by atoms with Crippen molar-refractivity contribution in [2.24, 2.45) is 0 Å². The molecule has 0 fully saturated rings. The molecule has 0 saturated carbocycles. The van der Waals surface area contributed by atoms with Crippen molar-refractivity contribution in [1.82, 2.24) is 10.2 Å². The minimum absolute atomic E-state index is 0.111. The van der Waals surface area contributed by atoms with E-state index in [-0.39, 0.29) is 22.8 Å². The van der Waals surface area contributed by atoms with Crippen molar-refractivity contribution in [2.45, 2.75) is 26.1 Å². The van der Waals surface area contributed by atoms with Crippen LogP contribution in [0.25, 0.3) is 0 Å². The number of benzene rings is 1. The molecule has 0 radical (unpaired) electrons. The summed E-state index contributed by atoms with van der Waals surface area (Å²) in [6.45, 7) is 2.99. The minimum atomic E-state index is -0.669. The number of aromatic hydroxyl groups is 1. The van der Waals surface area contributed by atoms with E-state index in [2.05, 4.69) is 10.6 Å². The largest absolute Gasteiger partial charge is 0.506 e. The topological polar surface area (TPSA) is 90.9 Å². The number of rotatable bonds is 2. The molecule has 1 atom stereocenters. The molecule has 0 spiro atoms. The third-order valence-electron chi connectivity index (χ3n) is 4.73. The van der Waals surface area contributed by atoms with Crippen molar-refractivity contribution in [3.05, 3.63) is 43.7 Å². The van der Waals surface area contributed by atoms with Crippen molar-refractivity contribution in [3.63, 3.8) is 0 Å². The minimum Gasteiger partial charge on any atom is -0.506 e. The Labute approximate surface area is 175 Å². The Balaban J connectivity index is 1.64. The summed E-state index contributed by atoms with van der Waals surface area (Å²) in [5.41, 5.74) is 1.92. The first-order valence-electron chi connectivity index (χ1n) is 8.70. The maximum Gasteiger partial charge on any atom is 0.410 e. The Morgan fingerprint density at radius 1 is 1.39 bits per heavy atom. The smallest absolute Gasteiger partial charge is 0.410 e. The molecule has 2 aliphatic heterocycles. The van der Waals surface area contributed by atoms with Crippen LogP contribution in [-0.4, -0.2) is 35.2 Å². The fraction of sp³-hybridized carbons (Fsp3) is 0.333. The molecule has 148 valence electrons. The fourth-order valence-electron chi connectivity index (χ4n) is 3.45. The number of hydrogen-bond acceptors (Lipinski definition) is 6. The van der Waals surface area contributed by atoms with Crippen LogP contribution in [0.1, 0.15) is 39.5 Å². The molecule has 0 bridgehead atoms. The summed E-state index contributed by atoms with van der Waals surface area (Å²) in [4.78, 5) is 27.4. The number of fused-ring (bicyclic) bond motifs is 3. The van der Waals surface area contributed by atoms with E-state index in [1.54, 1.807) is 17.9 Å². The Kier molecular flexibility index (Phi) is 5.03. The maximum absolute atomic E-state index is 12.8. The van der Waals surface area contributed by atoms with E-state index in [9.17, 15) is 14.7 Å². The van der Waals surface area contributed by atoms with Crippen LogP contribution in [0.4, 0.5) is 9.80 Å². The number of thiophene rings is 1. The Morgan fingerprint density at radius 3 is 2.93 bits per heavy atom. The second kappa shape index (κ2) is 7.35. The molecule has 10 heteroatoms. The van der Waals surface area contributed by atoms with Gasteiger partial charge in [0.05, 0.1) is 23.7 Å². The zero-order chi connectivity index (χ0) is 20.0. The highest BCUT2D eigenvalue weighted by Crippen LogP contribution is 2.43. The van der Waals surface area contributed by atoms with E-state index in [0.717, 1.165) is 10.4 Å². The molecule has 1 aromatic heterocycles. The average molecular weight is 442 g/mol. The Hall–Kier alpha value is -2.16.